The number of sulfonamides is 1. The van der Waals surface area contributed by atoms with E-state index in [0.29, 0.717) is 32.5 Å². The van der Waals surface area contributed by atoms with E-state index in [9.17, 15) is 18.0 Å². The molecule has 0 aliphatic carbocycles. The molecule has 1 aromatic rings. The molecule has 1 aromatic carbocycles. The van der Waals surface area contributed by atoms with E-state index >= 15 is 0 Å². The standard InChI is InChI=1S/C17H23BrN2O5S/c1-3-25-17(22)13-8-10-20(11-9-13)16(21)12(2)19-26(23,24)15-6-4-14(18)5-7-15/h4-7,12-13,19H,3,8-11H2,1-2H3/t12-/m0/s1. The van der Waals surface area contributed by atoms with Gasteiger partial charge >= 0.3 is 5.97 Å². The van der Waals surface area contributed by atoms with Crippen molar-refractivity contribution in [1.82, 2.24) is 9.62 Å². The van der Waals surface area contributed by atoms with E-state index in [0.717, 1.165) is 4.47 Å². The zero-order chi connectivity index (χ0) is 19.3. The van der Waals surface area contributed by atoms with Crippen molar-refractivity contribution in [3.63, 3.8) is 0 Å². The van der Waals surface area contributed by atoms with Gasteiger partial charge in [0.05, 0.1) is 23.5 Å². The lowest BCUT2D eigenvalue weighted by Crippen LogP contribution is -2.49. The van der Waals surface area contributed by atoms with E-state index in [-0.39, 0.29) is 22.7 Å². The van der Waals surface area contributed by atoms with Crippen LogP contribution in [0.1, 0.15) is 26.7 Å². The maximum atomic E-state index is 12.5. The summed E-state index contributed by atoms with van der Waals surface area (Å²) in [7, 11) is -3.78. The first-order valence-electron chi connectivity index (χ1n) is 8.48. The smallest absolute Gasteiger partial charge is 0.309 e. The molecule has 144 valence electrons. The predicted molar refractivity (Wildman–Crippen MR) is 99.9 cm³/mol. The highest BCUT2D eigenvalue weighted by atomic mass is 79.9. The summed E-state index contributed by atoms with van der Waals surface area (Å²) >= 11 is 3.25. The predicted octanol–water partition coefficient (Wildman–Crippen LogP) is 1.92. The van der Waals surface area contributed by atoms with Crippen LogP contribution in [0.15, 0.2) is 33.6 Å². The van der Waals surface area contributed by atoms with E-state index in [1.807, 2.05) is 0 Å². The third-order valence-electron chi connectivity index (χ3n) is 4.25. The Morgan fingerprint density at radius 2 is 1.85 bits per heavy atom. The molecule has 0 radical (unpaired) electrons. The fourth-order valence-corrected chi connectivity index (χ4v) is 4.30. The average Bonchev–Trinajstić information content (AvgIpc) is 2.61. The summed E-state index contributed by atoms with van der Waals surface area (Å²) in [6, 6.07) is 5.30. The van der Waals surface area contributed by atoms with E-state index in [1.165, 1.54) is 19.1 Å². The van der Waals surface area contributed by atoms with Crippen LogP contribution in [0.3, 0.4) is 0 Å². The van der Waals surface area contributed by atoms with Crippen LogP contribution in [0.4, 0.5) is 0 Å². The number of hydrogen-bond donors (Lipinski definition) is 1. The maximum Gasteiger partial charge on any atom is 0.309 e. The van der Waals surface area contributed by atoms with Crippen LogP contribution in [0.2, 0.25) is 0 Å². The lowest BCUT2D eigenvalue weighted by Gasteiger charge is -2.32. The van der Waals surface area contributed by atoms with Gasteiger partial charge in [0.2, 0.25) is 15.9 Å². The van der Waals surface area contributed by atoms with Gasteiger partial charge in [-0.1, -0.05) is 15.9 Å². The van der Waals surface area contributed by atoms with Gasteiger partial charge in [-0.05, 0) is 51.0 Å². The lowest BCUT2D eigenvalue weighted by molar-refractivity contribution is -0.151. The second-order valence-corrected chi connectivity index (χ2v) is 8.78. The highest BCUT2D eigenvalue weighted by molar-refractivity contribution is 9.10. The molecule has 1 aliphatic rings. The Labute approximate surface area is 162 Å². The first kappa shape index (κ1) is 20.9. The Morgan fingerprint density at radius 1 is 1.27 bits per heavy atom. The Morgan fingerprint density at radius 3 is 2.38 bits per heavy atom. The molecule has 26 heavy (non-hydrogen) atoms. The van der Waals surface area contributed by atoms with Gasteiger partial charge in [0.25, 0.3) is 0 Å². The van der Waals surface area contributed by atoms with Crippen molar-refractivity contribution >= 4 is 37.8 Å². The fourth-order valence-electron chi connectivity index (χ4n) is 2.83. The molecule has 1 N–H and O–H groups in total. The number of carbonyl (C=O) groups excluding carboxylic acids is 2. The molecule has 9 heteroatoms. The Balaban J connectivity index is 1.93. The Hall–Kier alpha value is -1.45. The molecule has 0 bridgehead atoms. The number of amides is 1. The SMILES string of the molecule is CCOC(=O)C1CCN(C(=O)[C@H](C)NS(=O)(=O)c2ccc(Br)cc2)CC1. The van der Waals surface area contributed by atoms with Crippen LogP contribution in [-0.4, -0.2) is 50.9 Å². The van der Waals surface area contributed by atoms with E-state index in [2.05, 4.69) is 20.7 Å². The van der Waals surface area contributed by atoms with Crippen LogP contribution in [0.25, 0.3) is 0 Å². The Bertz CT molecular complexity index is 743. The third-order valence-corrected chi connectivity index (χ3v) is 6.34. The van der Waals surface area contributed by atoms with E-state index < -0.39 is 16.1 Å². The fraction of sp³-hybridized carbons (Fsp3) is 0.529. The second kappa shape index (κ2) is 8.96. The van der Waals surface area contributed by atoms with Crippen LogP contribution < -0.4 is 4.72 Å². The largest absolute Gasteiger partial charge is 0.466 e. The van der Waals surface area contributed by atoms with Crippen molar-refractivity contribution in [2.45, 2.75) is 37.6 Å². The number of likely N-dealkylation sites (tertiary alicyclic amines) is 1. The van der Waals surface area contributed by atoms with Crippen molar-refractivity contribution < 1.29 is 22.7 Å². The molecule has 1 amide bonds. The van der Waals surface area contributed by atoms with Crippen molar-refractivity contribution in [2.24, 2.45) is 5.92 Å². The normalized spacial score (nSPS) is 17.0. The molecular weight excluding hydrogens is 424 g/mol. The van der Waals surface area contributed by atoms with Gasteiger partial charge in [0.15, 0.2) is 0 Å². The van der Waals surface area contributed by atoms with Gasteiger partial charge in [-0.25, -0.2) is 8.42 Å². The van der Waals surface area contributed by atoms with Crippen LogP contribution >= 0.6 is 15.9 Å². The minimum Gasteiger partial charge on any atom is -0.466 e. The summed E-state index contributed by atoms with van der Waals surface area (Å²) in [6.07, 6.45) is 1.05. The number of nitrogens with zero attached hydrogens (tertiary/aromatic N) is 1. The van der Waals surface area contributed by atoms with Gasteiger partial charge in [0.1, 0.15) is 0 Å². The first-order chi connectivity index (χ1) is 12.2. The number of ether oxygens (including phenoxy) is 1. The van der Waals surface area contributed by atoms with Crippen molar-refractivity contribution in [3.8, 4) is 0 Å². The van der Waals surface area contributed by atoms with Crippen LogP contribution in [-0.2, 0) is 24.3 Å². The van der Waals surface area contributed by atoms with Crippen LogP contribution in [0.5, 0.6) is 0 Å². The minimum atomic E-state index is -3.78. The quantitative estimate of drug-likeness (QED) is 0.673. The zero-order valence-electron chi connectivity index (χ0n) is 14.8. The number of piperidine rings is 1. The molecule has 1 atom stereocenters. The highest BCUT2D eigenvalue weighted by Gasteiger charge is 2.31. The summed E-state index contributed by atoms with van der Waals surface area (Å²) in [5.74, 6) is -0.731. The van der Waals surface area contributed by atoms with E-state index in [4.69, 9.17) is 4.74 Å². The number of benzene rings is 1. The van der Waals surface area contributed by atoms with Crippen molar-refractivity contribution in [2.75, 3.05) is 19.7 Å². The zero-order valence-corrected chi connectivity index (χ0v) is 17.2. The molecule has 2 rings (SSSR count). The summed E-state index contributed by atoms with van der Waals surface area (Å²) in [6.45, 7) is 4.44. The number of halogens is 1. The Kier molecular flexibility index (Phi) is 7.19. The van der Waals surface area contributed by atoms with Gasteiger partial charge in [-0.2, -0.15) is 4.72 Å². The molecule has 0 unspecified atom stereocenters. The first-order valence-corrected chi connectivity index (χ1v) is 10.8. The number of esters is 1. The van der Waals surface area contributed by atoms with Crippen molar-refractivity contribution in [3.05, 3.63) is 28.7 Å². The number of rotatable bonds is 6. The molecule has 1 saturated heterocycles. The molecule has 0 aromatic heterocycles. The summed E-state index contributed by atoms with van der Waals surface area (Å²) < 4.78 is 33.0. The van der Waals surface area contributed by atoms with Crippen molar-refractivity contribution in [1.29, 1.82) is 0 Å². The number of hydrogen-bond acceptors (Lipinski definition) is 5. The number of nitrogens with one attached hydrogen (secondary N) is 1. The third kappa shape index (κ3) is 5.28. The monoisotopic (exact) mass is 446 g/mol. The minimum absolute atomic E-state index is 0.0985. The van der Waals surface area contributed by atoms with Gasteiger partial charge in [-0.15, -0.1) is 0 Å². The average molecular weight is 447 g/mol. The van der Waals surface area contributed by atoms with Gasteiger partial charge in [-0.3, -0.25) is 9.59 Å². The topological polar surface area (TPSA) is 92.8 Å². The van der Waals surface area contributed by atoms with Crippen LogP contribution in [0, 0.1) is 5.92 Å². The number of carbonyl (C=O) groups is 2. The van der Waals surface area contributed by atoms with E-state index in [1.54, 1.807) is 24.0 Å². The van der Waals surface area contributed by atoms with Gasteiger partial charge < -0.3 is 9.64 Å². The second-order valence-electron chi connectivity index (χ2n) is 6.15. The molecule has 7 nitrogen and oxygen atoms in total. The van der Waals surface area contributed by atoms with Gasteiger partial charge in [0, 0.05) is 17.6 Å². The molecule has 0 spiro atoms. The summed E-state index contributed by atoms with van der Waals surface area (Å²) in [4.78, 5) is 26.0. The molecule has 1 aliphatic heterocycles. The molecule has 0 saturated carbocycles. The molecule has 1 fully saturated rings. The highest BCUT2D eigenvalue weighted by Crippen LogP contribution is 2.20. The molecule has 1 heterocycles. The summed E-state index contributed by atoms with van der Waals surface area (Å²) in [5.41, 5.74) is 0. The summed E-state index contributed by atoms with van der Waals surface area (Å²) in [5, 5.41) is 0. The lowest BCUT2D eigenvalue weighted by atomic mass is 9.96. The maximum absolute atomic E-state index is 12.5. The molecular formula is C17H23BrN2O5S.